The van der Waals surface area contributed by atoms with Gasteiger partial charge in [-0.05, 0) is 25.9 Å². The molecular weight excluding hydrogens is 346 g/mol. The molecule has 0 radical (unpaired) electrons. The van der Waals surface area contributed by atoms with E-state index in [1.807, 2.05) is 27.0 Å². The Hall–Kier alpha value is -2.35. The van der Waals surface area contributed by atoms with Gasteiger partial charge in [-0.25, -0.2) is 4.79 Å². The number of hydrogen-bond acceptors (Lipinski definition) is 5. The lowest BCUT2D eigenvalue weighted by Gasteiger charge is -2.26. The molecule has 0 N–H and O–H groups in total. The molecular formula is C19H27N5O3. The van der Waals surface area contributed by atoms with Crippen LogP contribution in [-0.4, -0.2) is 43.1 Å². The number of imidazole rings is 1. The van der Waals surface area contributed by atoms with Gasteiger partial charge in [-0.2, -0.15) is 4.98 Å². The highest BCUT2D eigenvalue weighted by Gasteiger charge is 2.24. The molecule has 0 amide bonds. The van der Waals surface area contributed by atoms with Crippen LogP contribution in [0.25, 0.3) is 17.0 Å². The summed E-state index contributed by atoms with van der Waals surface area (Å²) in [7, 11) is 1.65. The topological polar surface area (TPSA) is 77.7 Å². The molecule has 4 heterocycles. The van der Waals surface area contributed by atoms with Gasteiger partial charge in [-0.3, -0.25) is 18.3 Å². The molecule has 1 aliphatic rings. The van der Waals surface area contributed by atoms with Crippen molar-refractivity contribution in [3.63, 3.8) is 0 Å². The monoisotopic (exact) mass is 373 g/mol. The molecule has 4 rings (SSSR count). The van der Waals surface area contributed by atoms with Crippen LogP contribution in [0.2, 0.25) is 0 Å². The summed E-state index contributed by atoms with van der Waals surface area (Å²) >= 11 is 0. The summed E-state index contributed by atoms with van der Waals surface area (Å²) in [5.74, 6) is 1.09. The SMILES string of the molecule is Cn1c(=O)n(CCN2CCCCC2)c(=O)c2c1nc1oc(C(C)(C)C)cn12. The maximum atomic E-state index is 13.1. The molecule has 3 aromatic heterocycles. The van der Waals surface area contributed by atoms with Crippen molar-refractivity contribution in [2.45, 2.75) is 52.0 Å². The average Bonchev–Trinajstić information content (AvgIpc) is 3.18. The van der Waals surface area contributed by atoms with E-state index in [9.17, 15) is 9.59 Å². The van der Waals surface area contributed by atoms with Crippen LogP contribution in [0.3, 0.4) is 0 Å². The standard InChI is InChI=1S/C19H27N5O3/c1-19(2,3)13-12-24-14-15(20-17(24)27-13)21(4)18(26)23(16(14)25)11-10-22-8-6-5-7-9-22/h12H,5-11H2,1-4H3. The zero-order chi connectivity index (χ0) is 19.3. The first kappa shape index (κ1) is 18.0. The van der Waals surface area contributed by atoms with Crippen LogP contribution in [0.15, 0.2) is 20.2 Å². The highest BCUT2D eigenvalue weighted by molar-refractivity contribution is 5.74. The lowest BCUT2D eigenvalue weighted by molar-refractivity contribution is 0.218. The van der Waals surface area contributed by atoms with E-state index >= 15 is 0 Å². The van der Waals surface area contributed by atoms with Crippen LogP contribution in [0.1, 0.15) is 45.8 Å². The molecule has 0 bridgehead atoms. The van der Waals surface area contributed by atoms with Crippen molar-refractivity contribution in [3.05, 3.63) is 32.8 Å². The number of aryl methyl sites for hydroxylation is 1. The minimum absolute atomic E-state index is 0.193. The molecule has 146 valence electrons. The molecule has 3 aromatic rings. The van der Waals surface area contributed by atoms with E-state index in [2.05, 4.69) is 9.88 Å². The first-order valence-corrected chi connectivity index (χ1v) is 9.61. The summed E-state index contributed by atoms with van der Waals surface area (Å²) in [6, 6.07) is 0. The van der Waals surface area contributed by atoms with E-state index in [-0.39, 0.29) is 16.7 Å². The number of nitrogens with zero attached hydrogens (tertiary/aromatic N) is 5. The van der Waals surface area contributed by atoms with Crippen LogP contribution >= 0.6 is 0 Å². The third-order valence-corrected chi connectivity index (χ3v) is 5.42. The van der Waals surface area contributed by atoms with Crippen molar-refractivity contribution >= 4 is 17.0 Å². The number of likely N-dealkylation sites (tertiary alicyclic amines) is 1. The fraction of sp³-hybridized carbons (Fsp3) is 0.632. The van der Waals surface area contributed by atoms with Crippen molar-refractivity contribution in [1.29, 1.82) is 0 Å². The predicted molar refractivity (Wildman–Crippen MR) is 103 cm³/mol. The second kappa shape index (κ2) is 6.37. The summed E-state index contributed by atoms with van der Waals surface area (Å²) in [5.41, 5.74) is -0.0790. The third kappa shape index (κ3) is 3.01. The summed E-state index contributed by atoms with van der Waals surface area (Å²) in [5, 5.41) is 0. The molecule has 0 saturated carbocycles. The van der Waals surface area contributed by atoms with Gasteiger partial charge in [0.15, 0.2) is 11.2 Å². The molecule has 8 nitrogen and oxygen atoms in total. The Kier molecular flexibility index (Phi) is 4.25. The van der Waals surface area contributed by atoms with Crippen LogP contribution in [0.4, 0.5) is 0 Å². The number of piperidine rings is 1. The molecule has 0 spiro atoms. The first-order valence-electron chi connectivity index (χ1n) is 9.61. The highest BCUT2D eigenvalue weighted by atomic mass is 16.4. The van der Waals surface area contributed by atoms with Gasteiger partial charge in [0.2, 0.25) is 0 Å². The van der Waals surface area contributed by atoms with Gasteiger partial charge >= 0.3 is 11.5 Å². The molecule has 0 aromatic carbocycles. The fourth-order valence-corrected chi connectivity index (χ4v) is 3.72. The second-order valence-corrected chi connectivity index (χ2v) is 8.48. The summed E-state index contributed by atoms with van der Waals surface area (Å²) < 4.78 is 10.3. The Morgan fingerprint density at radius 2 is 1.81 bits per heavy atom. The molecule has 27 heavy (non-hydrogen) atoms. The summed E-state index contributed by atoms with van der Waals surface area (Å²) in [6.45, 7) is 9.29. The predicted octanol–water partition coefficient (Wildman–Crippen LogP) is 1.72. The molecule has 1 aliphatic heterocycles. The van der Waals surface area contributed by atoms with Gasteiger partial charge in [-0.15, -0.1) is 0 Å². The normalized spacial score (nSPS) is 16.6. The third-order valence-electron chi connectivity index (χ3n) is 5.42. The highest BCUT2D eigenvalue weighted by Crippen LogP contribution is 2.26. The Morgan fingerprint density at radius 3 is 2.48 bits per heavy atom. The molecule has 0 aliphatic carbocycles. The van der Waals surface area contributed by atoms with E-state index in [0.29, 0.717) is 30.1 Å². The number of hydrogen-bond donors (Lipinski definition) is 0. The van der Waals surface area contributed by atoms with Crippen molar-refractivity contribution in [2.24, 2.45) is 7.05 Å². The van der Waals surface area contributed by atoms with Crippen LogP contribution < -0.4 is 11.2 Å². The number of oxazole rings is 1. The average molecular weight is 373 g/mol. The van der Waals surface area contributed by atoms with Crippen molar-refractivity contribution in [2.75, 3.05) is 19.6 Å². The quantitative estimate of drug-likeness (QED) is 0.699. The van der Waals surface area contributed by atoms with E-state index in [4.69, 9.17) is 4.42 Å². The molecule has 0 atom stereocenters. The van der Waals surface area contributed by atoms with Gasteiger partial charge < -0.3 is 9.32 Å². The number of fused-ring (bicyclic) bond motifs is 3. The zero-order valence-corrected chi connectivity index (χ0v) is 16.5. The van der Waals surface area contributed by atoms with Crippen molar-refractivity contribution < 1.29 is 4.42 Å². The zero-order valence-electron chi connectivity index (χ0n) is 16.5. The van der Waals surface area contributed by atoms with E-state index in [1.54, 1.807) is 11.4 Å². The van der Waals surface area contributed by atoms with E-state index < -0.39 is 0 Å². The summed E-state index contributed by atoms with van der Waals surface area (Å²) in [4.78, 5) is 32.6. The van der Waals surface area contributed by atoms with Crippen LogP contribution in [-0.2, 0) is 19.0 Å². The lowest BCUT2D eigenvalue weighted by atomic mass is 9.94. The maximum absolute atomic E-state index is 13.1. The number of aromatic nitrogens is 4. The van der Waals surface area contributed by atoms with E-state index in [0.717, 1.165) is 18.8 Å². The molecule has 8 heteroatoms. The van der Waals surface area contributed by atoms with Gasteiger partial charge in [0.05, 0.1) is 6.20 Å². The van der Waals surface area contributed by atoms with Crippen molar-refractivity contribution in [1.82, 2.24) is 23.4 Å². The van der Waals surface area contributed by atoms with Gasteiger partial charge in [0.25, 0.3) is 5.56 Å². The molecule has 1 saturated heterocycles. The van der Waals surface area contributed by atoms with E-state index in [1.165, 1.54) is 28.4 Å². The maximum Gasteiger partial charge on any atom is 0.332 e. The summed E-state index contributed by atoms with van der Waals surface area (Å²) in [6.07, 6.45) is 5.43. The van der Waals surface area contributed by atoms with Crippen LogP contribution in [0.5, 0.6) is 0 Å². The Bertz CT molecular complexity index is 1100. The van der Waals surface area contributed by atoms with Gasteiger partial charge in [-0.1, -0.05) is 27.2 Å². The smallest absolute Gasteiger partial charge is 0.332 e. The minimum Gasteiger partial charge on any atom is -0.428 e. The van der Waals surface area contributed by atoms with Gasteiger partial charge in [0, 0.05) is 25.6 Å². The lowest BCUT2D eigenvalue weighted by Crippen LogP contribution is -2.43. The fourth-order valence-electron chi connectivity index (χ4n) is 3.72. The Balaban J connectivity index is 1.81. The van der Waals surface area contributed by atoms with Crippen molar-refractivity contribution in [3.8, 4) is 0 Å². The van der Waals surface area contributed by atoms with Crippen LogP contribution in [0, 0.1) is 0 Å². The Morgan fingerprint density at radius 1 is 1.11 bits per heavy atom. The Labute approximate surface area is 157 Å². The molecule has 0 unspecified atom stereocenters. The minimum atomic E-state index is -0.332. The number of rotatable bonds is 3. The van der Waals surface area contributed by atoms with Gasteiger partial charge in [0.1, 0.15) is 5.76 Å². The largest absolute Gasteiger partial charge is 0.428 e. The molecule has 1 fully saturated rings. The second-order valence-electron chi connectivity index (χ2n) is 8.48. The first-order chi connectivity index (χ1) is 12.8.